The summed E-state index contributed by atoms with van der Waals surface area (Å²) in [5.41, 5.74) is 0.782. The van der Waals surface area contributed by atoms with Crippen LogP contribution in [0.25, 0.3) is 0 Å². The lowest BCUT2D eigenvalue weighted by molar-refractivity contribution is 0.102. The molecule has 0 fully saturated rings. The molecule has 0 saturated carbocycles. The third-order valence-corrected chi connectivity index (χ3v) is 3.11. The first-order chi connectivity index (χ1) is 9.11. The first kappa shape index (κ1) is 13.5. The first-order valence-electron chi connectivity index (χ1n) is 5.51. The van der Waals surface area contributed by atoms with E-state index >= 15 is 0 Å². The molecular weight excluding hydrogens is 313 g/mol. The van der Waals surface area contributed by atoms with Crippen molar-refractivity contribution in [3.8, 4) is 0 Å². The summed E-state index contributed by atoms with van der Waals surface area (Å²) in [7, 11) is 1.68. The van der Waals surface area contributed by atoms with Gasteiger partial charge in [-0.15, -0.1) is 0 Å². The summed E-state index contributed by atoms with van der Waals surface area (Å²) < 4.78 is 13.7. The Morgan fingerprint density at radius 3 is 2.84 bits per heavy atom. The number of rotatable bonds is 3. The number of anilines is 2. The Kier molecular flexibility index (Phi) is 4.11. The molecule has 0 spiro atoms. The molecule has 0 aliphatic rings. The van der Waals surface area contributed by atoms with Gasteiger partial charge in [0.2, 0.25) is 0 Å². The third kappa shape index (κ3) is 3.08. The number of amides is 1. The second kappa shape index (κ2) is 5.79. The highest BCUT2D eigenvalue weighted by molar-refractivity contribution is 9.10. The predicted octanol–water partition coefficient (Wildman–Crippen LogP) is 3.28. The molecule has 2 N–H and O–H groups in total. The number of aromatic nitrogens is 1. The van der Waals surface area contributed by atoms with Crippen LogP contribution >= 0.6 is 15.9 Å². The zero-order valence-corrected chi connectivity index (χ0v) is 11.7. The molecule has 6 heteroatoms. The molecule has 0 aliphatic heterocycles. The number of hydrogen-bond acceptors (Lipinski definition) is 3. The molecular formula is C13H11BrFN3O. The highest BCUT2D eigenvalue weighted by atomic mass is 79.9. The fourth-order valence-electron chi connectivity index (χ4n) is 1.56. The fraction of sp³-hybridized carbons (Fsp3) is 0.0769. The average molecular weight is 324 g/mol. The number of carbonyl (C=O) groups is 1. The van der Waals surface area contributed by atoms with Gasteiger partial charge in [-0.3, -0.25) is 4.79 Å². The van der Waals surface area contributed by atoms with Crippen molar-refractivity contribution in [2.75, 3.05) is 17.7 Å². The van der Waals surface area contributed by atoms with E-state index in [0.29, 0.717) is 21.5 Å². The van der Waals surface area contributed by atoms with Crippen molar-refractivity contribution in [3.63, 3.8) is 0 Å². The van der Waals surface area contributed by atoms with Crippen LogP contribution in [0.3, 0.4) is 0 Å². The maximum atomic E-state index is 13.4. The number of hydrogen-bond donors (Lipinski definition) is 2. The van der Waals surface area contributed by atoms with Crippen LogP contribution in [0.2, 0.25) is 0 Å². The SMILES string of the molecule is CNc1ncccc1C(=O)Nc1ccc(Br)c(F)c1. The molecule has 0 saturated heterocycles. The molecule has 1 aromatic heterocycles. The second-order valence-electron chi connectivity index (χ2n) is 3.73. The van der Waals surface area contributed by atoms with E-state index in [1.165, 1.54) is 12.1 Å². The topological polar surface area (TPSA) is 54.0 Å². The van der Waals surface area contributed by atoms with Gasteiger partial charge in [0.1, 0.15) is 11.6 Å². The number of halogens is 2. The summed E-state index contributed by atoms with van der Waals surface area (Å²) in [5, 5.41) is 5.45. The molecule has 0 bridgehead atoms. The van der Waals surface area contributed by atoms with Crippen molar-refractivity contribution in [2.24, 2.45) is 0 Å². The summed E-state index contributed by atoms with van der Waals surface area (Å²) in [5.74, 6) is -0.311. The minimum atomic E-state index is -0.433. The Morgan fingerprint density at radius 1 is 1.37 bits per heavy atom. The van der Waals surface area contributed by atoms with E-state index in [0.717, 1.165) is 0 Å². The van der Waals surface area contributed by atoms with E-state index in [-0.39, 0.29) is 5.91 Å². The third-order valence-electron chi connectivity index (χ3n) is 2.47. The summed E-state index contributed by atoms with van der Waals surface area (Å²) >= 11 is 3.06. The Hall–Kier alpha value is -1.95. The standard InChI is InChI=1S/C13H11BrFN3O/c1-16-12-9(3-2-6-17-12)13(19)18-8-4-5-10(14)11(15)7-8/h2-7H,1H3,(H,16,17)(H,18,19). The minimum Gasteiger partial charge on any atom is -0.372 e. The van der Waals surface area contributed by atoms with Crippen molar-refractivity contribution < 1.29 is 9.18 Å². The van der Waals surface area contributed by atoms with Gasteiger partial charge in [0, 0.05) is 18.9 Å². The van der Waals surface area contributed by atoms with E-state index < -0.39 is 5.82 Å². The van der Waals surface area contributed by atoms with E-state index in [4.69, 9.17) is 0 Å². The van der Waals surface area contributed by atoms with Crippen LogP contribution in [0.15, 0.2) is 41.0 Å². The van der Waals surface area contributed by atoms with Gasteiger partial charge in [-0.05, 0) is 46.3 Å². The van der Waals surface area contributed by atoms with Gasteiger partial charge >= 0.3 is 0 Å². The molecule has 2 aromatic rings. The molecule has 19 heavy (non-hydrogen) atoms. The lowest BCUT2D eigenvalue weighted by Gasteiger charge is -2.09. The molecule has 4 nitrogen and oxygen atoms in total. The number of nitrogens with zero attached hydrogens (tertiary/aromatic N) is 1. The smallest absolute Gasteiger partial charge is 0.259 e. The van der Waals surface area contributed by atoms with E-state index in [1.54, 1.807) is 31.4 Å². The number of carbonyl (C=O) groups excluding carboxylic acids is 1. The molecule has 0 aliphatic carbocycles. The molecule has 2 rings (SSSR count). The van der Waals surface area contributed by atoms with Gasteiger partial charge in [-0.2, -0.15) is 0 Å². The first-order valence-corrected chi connectivity index (χ1v) is 6.30. The van der Waals surface area contributed by atoms with Crippen molar-refractivity contribution >= 4 is 33.3 Å². The van der Waals surface area contributed by atoms with E-state index in [2.05, 4.69) is 31.5 Å². The average Bonchev–Trinajstić information content (AvgIpc) is 2.43. The predicted molar refractivity (Wildman–Crippen MR) is 75.8 cm³/mol. The fourth-order valence-corrected chi connectivity index (χ4v) is 1.81. The Labute approximate surface area is 118 Å². The summed E-state index contributed by atoms with van der Waals surface area (Å²) in [6.45, 7) is 0. The van der Waals surface area contributed by atoms with Crippen LogP contribution in [0, 0.1) is 5.82 Å². The Bertz CT molecular complexity index is 619. The van der Waals surface area contributed by atoms with Crippen LogP contribution < -0.4 is 10.6 Å². The number of nitrogens with one attached hydrogen (secondary N) is 2. The normalized spacial score (nSPS) is 10.1. The molecule has 0 atom stereocenters. The quantitative estimate of drug-likeness (QED) is 0.911. The van der Waals surface area contributed by atoms with Gasteiger partial charge in [0.05, 0.1) is 10.0 Å². The van der Waals surface area contributed by atoms with Crippen molar-refractivity contribution in [3.05, 3.63) is 52.4 Å². The van der Waals surface area contributed by atoms with Crippen molar-refractivity contribution in [2.45, 2.75) is 0 Å². The number of benzene rings is 1. The van der Waals surface area contributed by atoms with Crippen molar-refractivity contribution in [1.29, 1.82) is 0 Å². The molecule has 0 radical (unpaired) electrons. The molecule has 1 amide bonds. The second-order valence-corrected chi connectivity index (χ2v) is 4.59. The molecule has 98 valence electrons. The monoisotopic (exact) mass is 323 g/mol. The van der Waals surface area contributed by atoms with Gasteiger partial charge in [-0.1, -0.05) is 0 Å². The molecule has 1 heterocycles. The maximum absolute atomic E-state index is 13.4. The van der Waals surface area contributed by atoms with E-state index in [1.807, 2.05) is 0 Å². The van der Waals surface area contributed by atoms with Gasteiger partial charge in [0.25, 0.3) is 5.91 Å². The van der Waals surface area contributed by atoms with Crippen molar-refractivity contribution in [1.82, 2.24) is 4.98 Å². The zero-order valence-electron chi connectivity index (χ0n) is 10.1. The van der Waals surface area contributed by atoms with Gasteiger partial charge in [-0.25, -0.2) is 9.37 Å². The van der Waals surface area contributed by atoms with Crippen LogP contribution in [0.1, 0.15) is 10.4 Å². The van der Waals surface area contributed by atoms with E-state index in [9.17, 15) is 9.18 Å². The van der Waals surface area contributed by atoms with Crippen LogP contribution in [-0.2, 0) is 0 Å². The minimum absolute atomic E-state index is 0.348. The highest BCUT2D eigenvalue weighted by Gasteiger charge is 2.12. The molecule has 1 aromatic carbocycles. The number of pyridine rings is 1. The lowest BCUT2D eigenvalue weighted by Crippen LogP contribution is -2.14. The van der Waals surface area contributed by atoms with Gasteiger partial charge in [0.15, 0.2) is 0 Å². The molecule has 0 unspecified atom stereocenters. The van der Waals surface area contributed by atoms with Crippen LogP contribution in [0.4, 0.5) is 15.9 Å². The van der Waals surface area contributed by atoms with Gasteiger partial charge < -0.3 is 10.6 Å². The summed E-state index contributed by atoms with van der Waals surface area (Å²) in [6, 6.07) is 7.70. The Balaban J connectivity index is 2.23. The lowest BCUT2D eigenvalue weighted by atomic mass is 10.2. The summed E-state index contributed by atoms with van der Waals surface area (Å²) in [6.07, 6.45) is 1.59. The summed E-state index contributed by atoms with van der Waals surface area (Å²) in [4.78, 5) is 16.1. The maximum Gasteiger partial charge on any atom is 0.259 e. The Morgan fingerprint density at radius 2 is 2.16 bits per heavy atom. The zero-order chi connectivity index (χ0) is 13.8. The largest absolute Gasteiger partial charge is 0.372 e. The van der Waals surface area contributed by atoms with Crippen LogP contribution in [-0.4, -0.2) is 17.9 Å². The highest BCUT2D eigenvalue weighted by Crippen LogP contribution is 2.20. The van der Waals surface area contributed by atoms with Crippen LogP contribution in [0.5, 0.6) is 0 Å².